The van der Waals surface area contributed by atoms with E-state index in [1.54, 1.807) is 12.1 Å². The lowest BCUT2D eigenvalue weighted by molar-refractivity contribution is -0.132. The maximum Gasteiger partial charge on any atom is 0.248 e. The van der Waals surface area contributed by atoms with E-state index in [0.717, 1.165) is 34.6 Å². The summed E-state index contributed by atoms with van der Waals surface area (Å²) < 4.78 is 0. The van der Waals surface area contributed by atoms with Crippen molar-refractivity contribution in [3.63, 3.8) is 0 Å². The van der Waals surface area contributed by atoms with Crippen LogP contribution in [0.2, 0.25) is 5.02 Å². The fraction of sp³-hybridized carbons (Fsp3) is 0.333. The topological polar surface area (TPSA) is 63.4 Å². The van der Waals surface area contributed by atoms with E-state index >= 15 is 0 Å². The summed E-state index contributed by atoms with van der Waals surface area (Å²) >= 11 is 6.17. The van der Waals surface area contributed by atoms with E-state index in [-0.39, 0.29) is 5.91 Å². The molecule has 0 saturated heterocycles. The Labute approximate surface area is 158 Å². The Morgan fingerprint density at radius 3 is 2.35 bits per heavy atom. The summed E-state index contributed by atoms with van der Waals surface area (Å²) in [7, 11) is 0. The van der Waals surface area contributed by atoms with E-state index in [0.29, 0.717) is 31.0 Å². The van der Waals surface area contributed by atoms with Crippen LogP contribution in [0.3, 0.4) is 0 Å². The van der Waals surface area contributed by atoms with Gasteiger partial charge in [0.1, 0.15) is 0 Å². The molecule has 2 aromatic carbocycles. The molecule has 0 spiro atoms. The SMILES string of the molecule is Cc1ccc(CCC(=O)N(Cc2ccc(C(N)=O)cc2)C2CC2)cc1Cl. The van der Waals surface area contributed by atoms with Crippen molar-refractivity contribution in [2.24, 2.45) is 5.73 Å². The van der Waals surface area contributed by atoms with Gasteiger partial charge < -0.3 is 10.6 Å². The fourth-order valence-corrected chi connectivity index (χ4v) is 3.17. The summed E-state index contributed by atoms with van der Waals surface area (Å²) in [5.41, 5.74) is 8.88. The first-order valence-corrected chi connectivity index (χ1v) is 9.25. The van der Waals surface area contributed by atoms with Gasteiger partial charge in [-0.25, -0.2) is 0 Å². The highest BCUT2D eigenvalue weighted by atomic mass is 35.5. The largest absolute Gasteiger partial charge is 0.366 e. The molecule has 1 saturated carbocycles. The second-order valence-electron chi connectivity index (χ2n) is 6.90. The number of halogens is 1. The molecule has 0 aliphatic heterocycles. The van der Waals surface area contributed by atoms with Crippen LogP contribution in [0.1, 0.15) is 46.3 Å². The average molecular weight is 371 g/mol. The number of aryl methyl sites for hydroxylation is 2. The Morgan fingerprint density at radius 1 is 1.12 bits per heavy atom. The minimum atomic E-state index is -0.441. The third kappa shape index (κ3) is 4.64. The summed E-state index contributed by atoms with van der Waals surface area (Å²) in [6, 6.07) is 13.4. The first-order chi connectivity index (χ1) is 12.4. The molecule has 2 amide bonds. The number of nitrogens with two attached hydrogens (primary N) is 1. The molecule has 0 aromatic heterocycles. The highest BCUT2D eigenvalue weighted by Crippen LogP contribution is 2.29. The highest BCUT2D eigenvalue weighted by molar-refractivity contribution is 6.31. The number of amides is 2. The Morgan fingerprint density at radius 2 is 1.77 bits per heavy atom. The van der Waals surface area contributed by atoms with Gasteiger partial charge in [0, 0.05) is 29.6 Å². The Hall–Kier alpha value is -2.33. The van der Waals surface area contributed by atoms with Crippen LogP contribution >= 0.6 is 11.6 Å². The predicted molar refractivity (Wildman–Crippen MR) is 103 cm³/mol. The predicted octanol–water partition coefficient (Wildman–Crippen LogP) is 3.87. The zero-order valence-electron chi connectivity index (χ0n) is 14.9. The molecule has 26 heavy (non-hydrogen) atoms. The molecule has 1 aliphatic rings. The molecule has 5 heteroatoms. The zero-order chi connectivity index (χ0) is 18.7. The Balaban J connectivity index is 1.62. The molecule has 0 radical (unpaired) electrons. The van der Waals surface area contributed by atoms with Gasteiger partial charge in [0.15, 0.2) is 0 Å². The van der Waals surface area contributed by atoms with Gasteiger partial charge in [-0.1, -0.05) is 35.9 Å². The van der Waals surface area contributed by atoms with E-state index in [1.807, 2.05) is 42.2 Å². The monoisotopic (exact) mass is 370 g/mol. The van der Waals surface area contributed by atoms with Crippen molar-refractivity contribution >= 4 is 23.4 Å². The third-order valence-corrected chi connectivity index (χ3v) is 5.17. The van der Waals surface area contributed by atoms with Crippen molar-refractivity contribution < 1.29 is 9.59 Å². The second-order valence-corrected chi connectivity index (χ2v) is 7.30. The van der Waals surface area contributed by atoms with Crippen LogP contribution in [0.25, 0.3) is 0 Å². The van der Waals surface area contributed by atoms with Crippen LogP contribution in [-0.4, -0.2) is 22.8 Å². The number of hydrogen-bond donors (Lipinski definition) is 1. The van der Waals surface area contributed by atoms with Crippen LogP contribution in [0.4, 0.5) is 0 Å². The van der Waals surface area contributed by atoms with E-state index < -0.39 is 5.91 Å². The molecule has 136 valence electrons. The summed E-state index contributed by atoms with van der Waals surface area (Å²) in [5, 5.41) is 0.739. The second kappa shape index (κ2) is 7.92. The van der Waals surface area contributed by atoms with Crippen molar-refractivity contribution in [3.8, 4) is 0 Å². The number of nitrogens with zero attached hydrogens (tertiary/aromatic N) is 1. The number of rotatable bonds is 7. The molecule has 0 heterocycles. The van der Waals surface area contributed by atoms with E-state index in [9.17, 15) is 9.59 Å². The van der Waals surface area contributed by atoms with Crippen molar-refractivity contribution in [2.45, 2.75) is 45.2 Å². The quantitative estimate of drug-likeness (QED) is 0.804. The van der Waals surface area contributed by atoms with Crippen LogP contribution in [0.15, 0.2) is 42.5 Å². The molecular weight excluding hydrogens is 348 g/mol. The fourth-order valence-electron chi connectivity index (χ4n) is 2.96. The normalized spacial score (nSPS) is 13.5. The first kappa shape index (κ1) is 18.5. The van der Waals surface area contributed by atoms with Crippen LogP contribution < -0.4 is 5.73 Å². The molecule has 3 rings (SSSR count). The standard InChI is InChI=1S/C21H23ClN2O2/c1-14-2-3-15(12-19(14)22)6-11-20(25)24(18-9-10-18)13-16-4-7-17(8-5-16)21(23)26/h2-5,7-8,12,18H,6,9-11,13H2,1H3,(H2,23,26). The zero-order valence-corrected chi connectivity index (χ0v) is 15.6. The molecule has 0 bridgehead atoms. The average Bonchev–Trinajstić information content (AvgIpc) is 3.45. The maximum absolute atomic E-state index is 12.7. The number of benzene rings is 2. The number of carbonyl (C=O) groups excluding carboxylic acids is 2. The summed E-state index contributed by atoms with van der Waals surface area (Å²) in [5.74, 6) is -0.286. The molecule has 4 nitrogen and oxygen atoms in total. The van der Waals surface area contributed by atoms with Gasteiger partial charge in [-0.05, 0) is 61.1 Å². The van der Waals surface area contributed by atoms with Gasteiger partial charge >= 0.3 is 0 Å². The number of primary amides is 1. The van der Waals surface area contributed by atoms with Crippen LogP contribution in [-0.2, 0) is 17.8 Å². The van der Waals surface area contributed by atoms with E-state index in [4.69, 9.17) is 17.3 Å². The number of hydrogen-bond acceptors (Lipinski definition) is 2. The molecule has 1 aliphatic carbocycles. The van der Waals surface area contributed by atoms with Gasteiger partial charge in [-0.15, -0.1) is 0 Å². The Bertz CT molecular complexity index is 813. The molecule has 2 aromatic rings. The summed E-state index contributed by atoms with van der Waals surface area (Å²) in [6.07, 6.45) is 3.26. The number of carbonyl (C=O) groups is 2. The summed E-state index contributed by atoms with van der Waals surface area (Å²) in [6.45, 7) is 2.53. The molecule has 0 atom stereocenters. The van der Waals surface area contributed by atoms with Crippen molar-refractivity contribution in [2.75, 3.05) is 0 Å². The Kier molecular flexibility index (Phi) is 5.62. The minimum absolute atomic E-state index is 0.156. The minimum Gasteiger partial charge on any atom is -0.366 e. The molecule has 0 unspecified atom stereocenters. The van der Waals surface area contributed by atoms with Gasteiger partial charge in [0.05, 0.1) is 0 Å². The molecule has 1 fully saturated rings. The van der Waals surface area contributed by atoms with Gasteiger partial charge in [0.25, 0.3) is 0 Å². The lowest BCUT2D eigenvalue weighted by Gasteiger charge is -2.23. The van der Waals surface area contributed by atoms with E-state index in [2.05, 4.69) is 0 Å². The van der Waals surface area contributed by atoms with Crippen LogP contribution in [0.5, 0.6) is 0 Å². The smallest absolute Gasteiger partial charge is 0.248 e. The van der Waals surface area contributed by atoms with Gasteiger partial charge in [-0.2, -0.15) is 0 Å². The van der Waals surface area contributed by atoms with E-state index in [1.165, 1.54) is 0 Å². The van der Waals surface area contributed by atoms with Crippen molar-refractivity contribution in [3.05, 3.63) is 69.7 Å². The highest BCUT2D eigenvalue weighted by Gasteiger charge is 2.32. The van der Waals surface area contributed by atoms with Gasteiger partial charge in [0.2, 0.25) is 11.8 Å². The third-order valence-electron chi connectivity index (χ3n) is 4.76. The molecule has 2 N–H and O–H groups in total. The van der Waals surface area contributed by atoms with Gasteiger partial charge in [-0.3, -0.25) is 9.59 Å². The van der Waals surface area contributed by atoms with Crippen molar-refractivity contribution in [1.29, 1.82) is 0 Å². The lowest BCUT2D eigenvalue weighted by atomic mass is 10.1. The molecular formula is C21H23ClN2O2. The van der Waals surface area contributed by atoms with Crippen molar-refractivity contribution in [1.82, 2.24) is 4.90 Å². The summed E-state index contributed by atoms with van der Waals surface area (Å²) in [4.78, 5) is 25.9. The van der Waals surface area contributed by atoms with Crippen LogP contribution in [0, 0.1) is 6.92 Å². The maximum atomic E-state index is 12.7. The first-order valence-electron chi connectivity index (χ1n) is 8.87. The lowest BCUT2D eigenvalue weighted by Crippen LogP contribution is -2.32.